The molecule has 0 saturated carbocycles. The van der Waals surface area contributed by atoms with Crippen LogP contribution in [0.2, 0.25) is 5.02 Å². The lowest BCUT2D eigenvalue weighted by Crippen LogP contribution is -2.34. The molecule has 3 aromatic rings. The maximum Gasteiger partial charge on any atom is 0.405 e. The van der Waals surface area contributed by atoms with E-state index in [1.54, 1.807) is 30.3 Å². The first-order valence-corrected chi connectivity index (χ1v) is 6.95. The van der Waals surface area contributed by atoms with Gasteiger partial charge in [-0.1, -0.05) is 11.6 Å². The van der Waals surface area contributed by atoms with E-state index < -0.39 is 5.97 Å². The predicted molar refractivity (Wildman–Crippen MR) is 79.3 cm³/mol. The summed E-state index contributed by atoms with van der Waals surface area (Å²) >= 11 is 5.81. The van der Waals surface area contributed by atoms with Gasteiger partial charge in [-0.25, -0.2) is 4.79 Å². The summed E-state index contributed by atoms with van der Waals surface area (Å²) in [7, 11) is 0. The van der Waals surface area contributed by atoms with Gasteiger partial charge in [0.15, 0.2) is 12.8 Å². The zero-order chi connectivity index (χ0) is 16.2. The number of esters is 1. The third-order valence-corrected chi connectivity index (χ3v) is 3.17. The van der Waals surface area contributed by atoms with Crippen LogP contribution in [0.3, 0.4) is 0 Å². The number of hydrogen-bond donors (Lipinski definition) is 0. The number of rotatable bonds is 4. The minimum absolute atomic E-state index is 0.120. The molecule has 0 amide bonds. The SMILES string of the molecule is O=C(OCc1nnc(-c2ccc(Cl)cc2)o1)c1cccc[n+]1[O-]. The Balaban J connectivity index is 1.67. The van der Waals surface area contributed by atoms with Crippen LogP contribution < -0.4 is 4.73 Å². The molecule has 8 heteroatoms. The van der Waals surface area contributed by atoms with Crippen molar-refractivity contribution >= 4 is 17.6 Å². The molecule has 0 atom stereocenters. The van der Waals surface area contributed by atoms with E-state index >= 15 is 0 Å². The van der Waals surface area contributed by atoms with Crippen molar-refractivity contribution in [3.63, 3.8) is 0 Å². The second kappa shape index (κ2) is 6.45. The Labute approximate surface area is 135 Å². The van der Waals surface area contributed by atoms with Gasteiger partial charge in [-0.15, -0.1) is 10.2 Å². The van der Waals surface area contributed by atoms with Crippen molar-refractivity contribution in [1.29, 1.82) is 0 Å². The smallest absolute Gasteiger partial charge is 0.405 e. The van der Waals surface area contributed by atoms with E-state index in [0.717, 1.165) is 0 Å². The van der Waals surface area contributed by atoms with Gasteiger partial charge < -0.3 is 14.4 Å². The fourth-order valence-electron chi connectivity index (χ4n) is 1.81. The molecule has 0 aliphatic rings. The monoisotopic (exact) mass is 331 g/mol. The molecule has 0 N–H and O–H groups in total. The fourth-order valence-corrected chi connectivity index (χ4v) is 1.93. The Morgan fingerprint density at radius 3 is 2.74 bits per heavy atom. The van der Waals surface area contributed by atoms with Gasteiger partial charge in [0.25, 0.3) is 5.89 Å². The number of ether oxygens (including phenoxy) is 1. The second-order valence-corrected chi connectivity index (χ2v) is 4.93. The summed E-state index contributed by atoms with van der Waals surface area (Å²) in [6.07, 6.45) is 1.21. The van der Waals surface area contributed by atoms with E-state index in [0.29, 0.717) is 15.3 Å². The molecule has 1 aromatic carbocycles. The van der Waals surface area contributed by atoms with E-state index in [1.807, 2.05) is 0 Å². The van der Waals surface area contributed by atoms with Crippen LogP contribution in [-0.2, 0) is 11.3 Å². The largest absolute Gasteiger partial charge is 0.618 e. The van der Waals surface area contributed by atoms with Gasteiger partial charge in [-0.3, -0.25) is 0 Å². The van der Waals surface area contributed by atoms with Crippen LogP contribution in [0.1, 0.15) is 16.4 Å². The lowest BCUT2D eigenvalue weighted by Gasteiger charge is -2.02. The fraction of sp³-hybridized carbons (Fsp3) is 0.0667. The zero-order valence-corrected chi connectivity index (χ0v) is 12.4. The van der Waals surface area contributed by atoms with Crippen molar-refractivity contribution in [2.24, 2.45) is 0 Å². The summed E-state index contributed by atoms with van der Waals surface area (Å²) in [5.41, 5.74) is 0.574. The Bertz CT molecular complexity index is 833. The highest BCUT2D eigenvalue weighted by Crippen LogP contribution is 2.20. The Kier molecular flexibility index (Phi) is 4.20. The maximum absolute atomic E-state index is 11.8. The molecule has 23 heavy (non-hydrogen) atoms. The quantitative estimate of drug-likeness (QED) is 0.414. The van der Waals surface area contributed by atoms with E-state index in [9.17, 15) is 10.0 Å². The van der Waals surface area contributed by atoms with E-state index in [1.165, 1.54) is 18.3 Å². The number of carbonyl (C=O) groups is 1. The van der Waals surface area contributed by atoms with E-state index in [2.05, 4.69) is 10.2 Å². The number of hydrogen-bond acceptors (Lipinski definition) is 6. The number of pyridine rings is 1. The average molecular weight is 332 g/mol. The molecule has 0 spiro atoms. The van der Waals surface area contributed by atoms with Crippen molar-refractivity contribution in [2.75, 3.05) is 0 Å². The van der Waals surface area contributed by atoms with Gasteiger partial charge in [0.2, 0.25) is 5.89 Å². The molecule has 0 unspecified atom stereocenters. The highest BCUT2D eigenvalue weighted by atomic mass is 35.5. The van der Waals surface area contributed by atoms with Gasteiger partial charge in [0.05, 0.1) is 0 Å². The van der Waals surface area contributed by atoms with Gasteiger partial charge in [-0.2, -0.15) is 4.73 Å². The van der Waals surface area contributed by atoms with E-state index in [4.69, 9.17) is 20.8 Å². The summed E-state index contributed by atoms with van der Waals surface area (Å²) in [6.45, 7) is -0.228. The Hall–Kier alpha value is -2.93. The molecule has 2 heterocycles. The van der Waals surface area contributed by atoms with Crippen LogP contribution in [-0.4, -0.2) is 16.2 Å². The molecule has 116 valence electrons. The van der Waals surface area contributed by atoms with Crippen LogP contribution in [0.5, 0.6) is 0 Å². The summed E-state index contributed by atoms with van der Waals surface area (Å²) < 4.78 is 10.8. The van der Waals surface area contributed by atoms with Crippen LogP contribution in [0.4, 0.5) is 0 Å². The lowest BCUT2D eigenvalue weighted by atomic mass is 10.2. The average Bonchev–Trinajstić information content (AvgIpc) is 3.03. The topological polar surface area (TPSA) is 92.2 Å². The lowest BCUT2D eigenvalue weighted by molar-refractivity contribution is -0.608. The first-order chi connectivity index (χ1) is 11.1. The number of nitrogens with zero attached hydrogens (tertiary/aromatic N) is 3. The van der Waals surface area contributed by atoms with E-state index in [-0.39, 0.29) is 24.1 Å². The molecular formula is C15H10ClN3O4. The first kappa shape index (κ1) is 15.0. The van der Waals surface area contributed by atoms with Crippen LogP contribution in [0.15, 0.2) is 53.1 Å². The molecular weight excluding hydrogens is 322 g/mol. The number of carbonyl (C=O) groups excluding carboxylic acids is 1. The van der Waals surface area contributed by atoms with Crippen LogP contribution in [0, 0.1) is 5.21 Å². The second-order valence-electron chi connectivity index (χ2n) is 4.50. The molecule has 7 nitrogen and oxygen atoms in total. The first-order valence-electron chi connectivity index (χ1n) is 6.57. The van der Waals surface area contributed by atoms with Crippen molar-refractivity contribution < 1.29 is 18.7 Å². The molecule has 0 aliphatic carbocycles. The predicted octanol–water partition coefficient (Wildman–Crippen LogP) is 2.38. The number of halogens is 1. The molecule has 0 bridgehead atoms. The third-order valence-electron chi connectivity index (χ3n) is 2.92. The van der Waals surface area contributed by atoms with Gasteiger partial charge in [-0.05, 0) is 30.3 Å². The Morgan fingerprint density at radius 2 is 2.00 bits per heavy atom. The molecule has 3 rings (SSSR count). The summed E-state index contributed by atoms with van der Waals surface area (Å²) in [5, 5.41) is 19.7. The number of aromatic nitrogens is 3. The Morgan fingerprint density at radius 1 is 1.22 bits per heavy atom. The van der Waals surface area contributed by atoms with Crippen LogP contribution >= 0.6 is 11.6 Å². The molecule has 0 saturated heterocycles. The number of benzene rings is 1. The van der Waals surface area contributed by atoms with Gasteiger partial charge in [0.1, 0.15) is 0 Å². The zero-order valence-electron chi connectivity index (χ0n) is 11.7. The molecule has 2 aromatic heterocycles. The van der Waals surface area contributed by atoms with Gasteiger partial charge in [0, 0.05) is 22.7 Å². The van der Waals surface area contributed by atoms with Gasteiger partial charge >= 0.3 is 11.7 Å². The van der Waals surface area contributed by atoms with Crippen molar-refractivity contribution in [3.8, 4) is 11.5 Å². The van der Waals surface area contributed by atoms with Crippen molar-refractivity contribution in [3.05, 3.63) is 70.5 Å². The van der Waals surface area contributed by atoms with Crippen LogP contribution in [0.25, 0.3) is 11.5 Å². The standard InChI is InChI=1S/C15H10ClN3O4/c16-11-6-4-10(5-7-11)14-18-17-13(23-14)9-22-15(20)12-3-1-2-8-19(12)21/h1-8H,9H2. The van der Waals surface area contributed by atoms with Crippen molar-refractivity contribution in [2.45, 2.75) is 6.61 Å². The summed E-state index contributed by atoms with van der Waals surface area (Å²) in [4.78, 5) is 11.8. The third kappa shape index (κ3) is 3.46. The highest BCUT2D eigenvalue weighted by Gasteiger charge is 2.18. The van der Waals surface area contributed by atoms with Crippen molar-refractivity contribution in [1.82, 2.24) is 10.2 Å². The minimum Gasteiger partial charge on any atom is -0.618 e. The maximum atomic E-state index is 11.8. The molecule has 0 fully saturated rings. The highest BCUT2D eigenvalue weighted by molar-refractivity contribution is 6.30. The summed E-state index contributed by atoms with van der Waals surface area (Å²) in [6, 6.07) is 11.3. The minimum atomic E-state index is -0.771. The summed E-state index contributed by atoms with van der Waals surface area (Å²) in [5.74, 6) is -0.366. The molecule has 0 aliphatic heterocycles. The normalized spacial score (nSPS) is 10.5. The molecule has 0 radical (unpaired) electrons.